The zero-order valence-electron chi connectivity index (χ0n) is 12.1. The molecule has 0 unspecified atom stereocenters. The number of fused-ring (bicyclic) bond motifs is 3. The fourth-order valence-corrected chi connectivity index (χ4v) is 3.07. The summed E-state index contributed by atoms with van der Waals surface area (Å²) in [6, 6.07) is 1.86. The van der Waals surface area contributed by atoms with E-state index in [4.69, 9.17) is 4.74 Å². The Balaban J connectivity index is 2.40. The molecule has 3 nitrogen and oxygen atoms in total. The number of rotatable bonds is 1. The Bertz CT molecular complexity index is 855. The minimum atomic E-state index is -4.76. The van der Waals surface area contributed by atoms with Gasteiger partial charge in [-0.3, -0.25) is 0 Å². The molecule has 2 heterocycles. The van der Waals surface area contributed by atoms with Gasteiger partial charge in [0.05, 0.1) is 0 Å². The molecule has 8 heteroatoms. The predicted octanol–water partition coefficient (Wildman–Crippen LogP) is 4.28. The van der Waals surface area contributed by atoms with Crippen LogP contribution in [0.1, 0.15) is 31.7 Å². The maximum absolute atomic E-state index is 13.8. The van der Waals surface area contributed by atoms with Crippen molar-refractivity contribution in [1.29, 1.82) is 0 Å². The van der Waals surface area contributed by atoms with Gasteiger partial charge in [0.25, 0.3) is 0 Å². The molecule has 2 aromatic rings. The van der Waals surface area contributed by atoms with Gasteiger partial charge in [-0.1, -0.05) is 6.92 Å². The minimum absolute atomic E-state index is 0.0133. The van der Waals surface area contributed by atoms with Crippen molar-refractivity contribution in [2.45, 2.75) is 38.0 Å². The molecule has 0 spiro atoms. The van der Waals surface area contributed by atoms with Gasteiger partial charge in [-0.15, -0.1) is 0 Å². The summed E-state index contributed by atoms with van der Waals surface area (Å²) >= 11 is 0. The standard InChI is InChI=1S/C15H11F5O3/c1-3-7-9-6-4-5-8(16)10(17)11(6)22-13(21)12(9)23-14(7,2)15(18,19)20/h4-5,7H,3H2,1-2H3/t7-,14+/m0/s1. The fourth-order valence-electron chi connectivity index (χ4n) is 3.07. The zero-order chi connectivity index (χ0) is 17.2. The lowest BCUT2D eigenvalue weighted by Crippen LogP contribution is -2.49. The highest BCUT2D eigenvalue weighted by Gasteiger charge is 2.63. The van der Waals surface area contributed by atoms with Gasteiger partial charge >= 0.3 is 11.8 Å². The third-order valence-electron chi connectivity index (χ3n) is 4.26. The number of ether oxygens (including phenoxy) is 1. The maximum Gasteiger partial charge on any atom is 0.428 e. The van der Waals surface area contributed by atoms with E-state index in [9.17, 15) is 26.7 Å². The van der Waals surface area contributed by atoms with Crippen LogP contribution in [-0.4, -0.2) is 11.8 Å². The summed E-state index contributed by atoms with van der Waals surface area (Å²) in [5, 5.41) is -0.0988. The van der Waals surface area contributed by atoms with E-state index in [0.717, 1.165) is 19.1 Å². The Labute approximate surface area is 126 Å². The molecular weight excluding hydrogens is 323 g/mol. The lowest BCUT2D eigenvalue weighted by atomic mass is 9.82. The monoisotopic (exact) mass is 334 g/mol. The van der Waals surface area contributed by atoms with E-state index in [-0.39, 0.29) is 17.4 Å². The molecule has 23 heavy (non-hydrogen) atoms. The van der Waals surface area contributed by atoms with Gasteiger partial charge in [0.2, 0.25) is 17.2 Å². The smallest absolute Gasteiger partial charge is 0.428 e. The van der Waals surface area contributed by atoms with E-state index in [1.54, 1.807) is 0 Å². The molecule has 0 N–H and O–H groups in total. The minimum Gasteiger partial charge on any atom is -0.470 e. The summed E-state index contributed by atoms with van der Waals surface area (Å²) in [5.74, 6) is -4.52. The van der Waals surface area contributed by atoms with Gasteiger partial charge in [0.1, 0.15) is 0 Å². The summed E-state index contributed by atoms with van der Waals surface area (Å²) in [6.07, 6.45) is -4.77. The lowest BCUT2D eigenvalue weighted by molar-refractivity contribution is -0.243. The van der Waals surface area contributed by atoms with Crippen LogP contribution >= 0.6 is 0 Å². The Morgan fingerprint density at radius 1 is 1.26 bits per heavy atom. The average molecular weight is 334 g/mol. The van der Waals surface area contributed by atoms with E-state index in [1.165, 1.54) is 6.92 Å². The van der Waals surface area contributed by atoms with Crippen molar-refractivity contribution in [3.63, 3.8) is 0 Å². The topological polar surface area (TPSA) is 39.4 Å². The molecule has 0 saturated heterocycles. The molecule has 3 rings (SSSR count). The molecule has 0 fully saturated rings. The molecule has 0 amide bonds. The van der Waals surface area contributed by atoms with E-state index >= 15 is 0 Å². The summed E-state index contributed by atoms with van der Waals surface area (Å²) in [4.78, 5) is 11.9. The van der Waals surface area contributed by atoms with E-state index in [1.807, 2.05) is 0 Å². The second-order valence-corrected chi connectivity index (χ2v) is 5.54. The molecular formula is C15H11F5O3. The summed E-state index contributed by atoms with van der Waals surface area (Å²) in [6.45, 7) is 2.32. The van der Waals surface area contributed by atoms with Crippen molar-refractivity contribution in [1.82, 2.24) is 0 Å². The highest BCUT2D eigenvalue weighted by Crippen LogP contribution is 2.54. The molecule has 1 aliphatic heterocycles. The normalized spacial score (nSPS) is 23.9. The summed E-state index contributed by atoms with van der Waals surface area (Å²) in [7, 11) is 0. The number of alkyl halides is 3. The highest BCUT2D eigenvalue weighted by atomic mass is 19.4. The molecule has 1 aromatic heterocycles. The van der Waals surface area contributed by atoms with Crippen LogP contribution in [0.5, 0.6) is 5.75 Å². The number of hydrogen-bond acceptors (Lipinski definition) is 3. The van der Waals surface area contributed by atoms with Crippen molar-refractivity contribution in [3.05, 3.63) is 39.8 Å². The lowest BCUT2D eigenvalue weighted by Gasteiger charge is -2.32. The van der Waals surface area contributed by atoms with Crippen LogP contribution in [0.15, 0.2) is 21.3 Å². The summed E-state index contributed by atoms with van der Waals surface area (Å²) < 4.78 is 77.0. The van der Waals surface area contributed by atoms with Crippen molar-refractivity contribution in [3.8, 4) is 5.75 Å². The molecule has 0 bridgehead atoms. The predicted molar refractivity (Wildman–Crippen MR) is 70.5 cm³/mol. The molecule has 1 aromatic carbocycles. The van der Waals surface area contributed by atoms with Crippen molar-refractivity contribution < 1.29 is 31.1 Å². The molecule has 0 aliphatic carbocycles. The van der Waals surface area contributed by atoms with Gasteiger partial charge in [-0.2, -0.15) is 17.6 Å². The van der Waals surface area contributed by atoms with Gasteiger partial charge in [0.15, 0.2) is 11.4 Å². The van der Waals surface area contributed by atoms with Gasteiger partial charge in [-0.05, 0) is 25.5 Å². The van der Waals surface area contributed by atoms with Crippen molar-refractivity contribution >= 4 is 11.0 Å². The maximum atomic E-state index is 13.8. The van der Waals surface area contributed by atoms with Crippen molar-refractivity contribution in [2.24, 2.45) is 0 Å². The summed E-state index contributed by atoms with van der Waals surface area (Å²) in [5.41, 5.74) is -4.71. The zero-order valence-corrected chi connectivity index (χ0v) is 12.1. The van der Waals surface area contributed by atoms with Crippen LogP contribution in [0.3, 0.4) is 0 Å². The number of halogens is 5. The first-order chi connectivity index (χ1) is 10.6. The quantitative estimate of drug-likeness (QED) is 0.577. The van der Waals surface area contributed by atoms with E-state index < -0.39 is 46.3 Å². The fraction of sp³-hybridized carbons (Fsp3) is 0.400. The number of benzene rings is 1. The third-order valence-corrected chi connectivity index (χ3v) is 4.26. The van der Waals surface area contributed by atoms with Crippen molar-refractivity contribution in [2.75, 3.05) is 0 Å². The molecule has 0 saturated carbocycles. The number of hydrogen-bond donors (Lipinski definition) is 0. The average Bonchev–Trinajstić information content (AvgIpc) is 2.78. The van der Waals surface area contributed by atoms with Gasteiger partial charge in [0, 0.05) is 16.9 Å². The second kappa shape index (κ2) is 4.69. The Morgan fingerprint density at radius 2 is 1.91 bits per heavy atom. The van der Waals surface area contributed by atoms with Crippen LogP contribution in [0, 0.1) is 11.6 Å². The van der Waals surface area contributed by atoms with Gasteiger partial charge in [-0.25, -0.2) is 9.18 Å². The first kappa shape index (κ1) is 15.8. The van der Waals surface area contributed by atoms with Crippen LogP contribution in [0.4, 0.5) is 22.0 Å². The van der Waals surface area contributed by atoms with E-state index in [2.05, 4.69) is 4.42 Å². The first-order valence-electron chi connectivity index (χ1n) is 6.82. The van der Waals surface area contributed by atoms with Crippen LogP contribution < -0.4 is 10.4 Å². The second-order valence-electron chi connectivity index (χ2n) is 5.54. The first-order valence-corrected chi connectivity index (χ1v) is 6.82. The highest BCUT2D eigenvalue weighted by molar-refractivity contribution is 5.84. The van der Waals surface area contributed by atoms with Crippen LogP contribution in [0.2, 0.25) is 0 Å². The Hall–Kier alpha value is -2.12. The largest absolute Gasteiger partial charge is 0.470 e. The SMILES string of the molecule is CC[C@H]1c2c(c(=O)oc3c(F)c(F)ccc23)O[C@@]1(C)C(F)(F)F. The van der Waals surface area contributed by atoms with Gasteiger partial charge < -0.3 is 9.15 Å². The Kier molecular flexibility index (Phi) is 3.21. The van der Waals surface area contributed by atoms with Crippen LogP contribution in [-0.2, 0) is 0 Å². The molecule has 1 aliphatic rings. The van der Waals surface area contributed by atoms with Crippen LogP contribution in [0.25, 0.3) is 11.0 Å². The molecule has 0 radical (unpaired) electrons. The Morgan fingerprint density at radius 3 is 2.48 bits per heavy atom. The third kappa shape index (κ3) is 1.96. The van der Waals surface area contributed by atoms with E-state index in [0.29, 0.717) is 0 Å². The molecule has 124 valence electrons. The molecule has 2 atom stereocenters.